The highest BCUT2D eigenvalue weighted by Crippen LogP contribution is 2.27. The minimum absolute atomic E-state index is 0.00885. The van der Waals surface area contributed by atoms with Crippen molar-refractivity contribution in [3.05, 3.63) is 62.1 Å². The van der Waals surface area contributed by atoms with Crippen LogP contribution in [0.3, 0.4) is 0 Å². The molecule has 1 amide bonds. The van der Waals surface area contributed by atoms with Gasteiger partial charge in [-0.1, -0.05) is 21.6 Å². The number of amides is 1. The first kappa shape index (κ1) is 35.3. The number of benzene rings is 1. The fraction of sp³-hybridized carbons (Fsp3) is 0.464. The molecule has 2 aromatic heterocycles. The van der Waals surface area contributed by atoms with Crippen LogP contribution >= 0.6 is 21.6 Å². The highest BCUT2D eigenvalue weighted by molar-refractivity contribution is 8.76. The number of imidazole rings is 1. The van der Waals surface area contributed by atoms with E-state index in [4.69, 9.17) is 14.2 Å². The van der Waals surface area contributed by atoms with Crippen LogP contribution < -0.4 is 10.3 Å². The van der Waals surface area contributed by atoms with Crippen LogP contribution in [0.2, 0.25) is 0 Å². The van der Waals surface area contributed by atoms with Crippen molar-refractivity contribution in [2.45, 2.75) is 26.9 Å². The number of hydrogen-bond acceptors (Lipinski definition) is 13. The van der Waals surface area contributed by atoms with Crippen LogP contribution in [0, 0.1) is 22.9 Å². The van der Waals surface area contributed by atoms with Gasteiger partial charge in [0.1, 0.15) is 43.9 Å². The molecule has 1 saturated heterocycles. The number of carboxylic acids is 1. The lowest BCUT2D eigenvalue weighted by Gasteiger charge is -2.35. The zero-order valence-corrected chi connectivity index (χ0v) is 27.2. The smallest absolute Gasteiger partial charge is 0.477 e. The topological polar surface area (TPSA) is 189 Å². The summed E-state index contributed by atoms with van der Waals surface area (Å²) < 4.78 is 33.3. The summed E-state index contributed by atoms with van der Waals surface area (Å²) in [6.07, 6.45) is 1.02. The number of anilines is 1. The zero-order chi connectivity index (χ0) is 34.1. The molecule has 1 N–H and O–H groups in total. The molecule has 3 heterocycles. The summed E-state index contributed by atoms with van der Waals surface area (Å²) in [5.41, 5.74) is -0.480. The quantitative estimate of drug-likeness (QED) is 0.0843. The lowest BCUT2D eigenvalue weighted by molar-refractivity contribution is -0.392. The molecule has 0 bridgehead atoms. The fourth-order valence-corrected chi connectivity index (χ4v) is 6.51. The number of halogens is 1. The fourth-order valence-electron chi connectivity index (χ4n) is 4.86. The largest absolute Gasteiger partial charge is 0.508 e. The molecule has 19 heteroatoms. The van der Waals surface area contributed by atoms with Gasteiger partial charge < -0.3 is 43.8 Å². The Kier molecular flexibility index (Phi) is 12.3. The molecule has 0 aliphatic carbocycles. The molecule has 0 atom stereocenters. The van der Waals surface area contributed by atoms with Crippen LogP contribution in [0.25, 0.3) is 10.9 Å². The van der Waals surface area contributed by atoms with E-state index >= 15 is 4.39 Å². The average molecular weight is 697 g/mol. The lowest BCUT2D eigenvalue weighted by Crippen LogP contribution is -2.49. The molecule has 3 aromatic rings. The van der Waals surface area contributed by atoms with Crippen molar-refractivity contribution >= 4 is 62.2 Å². The second-order valence-electron chi connectivity index (χ2n) is 10.0. The van der Waals surface area contributed by atoms with E-state index in [1.165, 1.54) is 43.3 Å². The van der Waals surface area contributed by atoms with E-state index in [0.717, 1.165) is 12.3 Å². The molecule has 4 rings (SSSR count). The number of hydrogen-bond donors (Lipinski definition) is 1. The number of ether oxygens (including phenoxy) is 3. The number of piperazine rings is 1. The van der Waals surface area contributed by atoms with E-state index in [1.807, 2.05) is 0 Å². The van der Waals surface area contributed by atoms with Crippen LogP contribution in [0.4, 0.5) is 25.5 Å². The monoisotopic (exact) mass is 696 g/mol. The van der Waals surface area contributed by atoms with Gasteiger partial charge in [-0.3, -0.25) is 4.79 Å². The van der Waals surface area contributed by atoms with Crippen molar-refractivity contribution in [1.82, 2.24) is 19.0 Å². The van der Waals surface area contributed by atoms with Crippen molar-refractivity contribution in [2.24, 2.45) is 0 Å². The molecule has 0 saturated carbocycles. The van der Waals surface area contributed by atoms with E-state index in [0.29, 0.717) is 55.6 Å². The molecule has 1 aliphatic rings. The van der Waals surface area contributed by atoms with Gasteiger partial charge in [0, 0.05) is 62.7 Å². The first-order chi connectivity index (χ1) is 22.5. The predicted molar refractivity (Wildman–Crippen MR) is 172 cm³/mol. The van der Waals surface area contributed by atoms with Gasteiger partial charge in [0.05, 0.1) is 11.2 Å². The molecule has 0 unspecified atom stereocenters. The SMILES string of the molecule is CCn1cc(C(=O)O)c(=O)c2cc(F)c(N3CCN(C(=O)OCCSSCCOC(=O)OCCn4c([N+](=O)[O-])cnc4C)CC3)cc21. The second kappa shape index (κ2) is 16.3. The van der Waals surface area contributed by atoms with Crippen molar-refractivity contribution in [1.29, 1.82) is 0 Å². The molecule has 0 radical (unpaired) electrons. The Morgan fingerprint density at radius 3 is 2.36 bits per heavy atom. The molecule has 1 fully saturated rings. The summed E-state index contributed by atoms with van der Waals surface area (Å²) in [4.78, 5) is 66.0. The number of carbonyl (C=O) groups is 3. The van der Waals surface area contributed by atoms with E-state index in [9.17, 15) is 34.4 Å². The summed E-state index contributed by atoms with van der Waals surface area (Å²) in [6, 6.07) is 2.61. The van der Waals surface area contributed by atoms with Crippen LogP contribution in [-0.2, 0) is 27.3 Å². The zero-order valence-electron chi connectivity index (χ0n) is 25.6. The number of rotatable bonds is 14. The number of nitrogens with zero attached hydrogens (tertiary/aromatic N) is 6. The van der Waals surface area contributed by atoms with E-state index in [2.05, 4.69) is 4.98 Å². The summed E-state index contributed by atoms with van der Waals surface area (Å²) in [5.74, 6) is -0.834. The molecule has 1 aliphatic heterocycles. The molecule has 16 nitrogen and oxygen atoms in total. The van der Waals surface area contributed by atoms with Crippen LogP contribution in [0.1, 0.15) is 23.1 Å². The minimum atomic E-state index is -1.37. The molecule has 0 spiro atoms. The number of fused-ring (bicyclic) bond motifs is 1. The number of carboxylic acid groups (broad SMARTS) is 1. The minimum Gasteiger partial charge on any atom is -0.477 e. The summed E-state index contributed by atoms with van der Waals surface area (Å²) in [6.45, 7) is 5.23. The van der Waals surface area contributed by atoms with Gasteiger partial charge in [-0.25, -0.2) is 28.3 Å². The highest BCUT2D eigenvalue weighted by atomic mass is 33.1. The van der Waals surface area contributed by atoms with Crippen molar-refractivity contribution in [3.63, 3.8) is 0 Å². The molecule has 254 valence electrons. The Hall–Kier alpha value is -4.52. The number of nitro groups is 1. The van der Waals surface area contributed by atoms with Crippen molar-refractivity contribution < 1.29 is 43.0 Å². The highest BCUT2D eigenvalue weighted by Gasteiger charge is 2.25. The maximum absolute atomic E-state index is 15.1. The van der Waals surface area contributed by atoms with Crippen molar-refractivity contribution in [2.75, 3.05) is 62.4 Å². The van der Waals surface area contributed by atoms with Crippen molar-refractivity contribution in [3.8, 4) is 0 Å². The predicted octanol–water partition coefficient (Wildman–Crippen LogP) is 3.77. The summed E-state index contributed by atoms with van der Waals surface area (Å²) in [5, 5.41) is 20.3. The Balaban J connectivity index is 1.11. The Morgan fingerprint density at radius 1 is 1.06 bits per heavy atom. The molecule has 47 heavy (non-hydrogen) atoms. The van der Waals surface area contributed by atoms with Gasteiger partial charge >= 0.3 is 24.0 Å². The Bertz CT molecular complexity index is 1690. The molecule has 1 aromatic carbocycles. The second-order valence-corrected chi connectivity index (χ2v) is 12.7. The first-order valence-electron chi connectivity index (χ1n) is 14.5. The first-order valence-corrected chi connectivity index (χ1v) is 17.0. The number of pyridine rings is 1. The van der Waals surface area contributed by atoms with Gasteiger partial charge in [0.2, 0.25) is 5.43 Å². The van der Waals surface area contributed by atoms with Crippen LogP contribution in [0.15, 0.2) is 29.3 Å². The standard InChI is InChI=1S/C28H33FN6O10S2/c1-3-31-17-20(26(37)38)25(36)19-14-21(29)23(15-22(19)31)32-4-6-33(7-5-32)27(39)43-10-12-46-47-13-11-45-28(40)44-9-8-34-18(2)30-16-24(34)35(41)42/h14-17H,3-13H2,1-2H3,(H,37,38). The third kappa shape index (κ3) is 8.85. The Morgan fingerprint density at radius 2 is 1.72 bits per heavy atom. The summed E-state index contributed by atoms with van der Waals surface area (Å²) >= 11 is 0. The van der Waals surface area contributed by atoms with E-state index in [-0.39, 0.29) is 43.3 Å². The summed E-state index contributed by atoms with van der Waals surface area (Å²) in [7, 11) is 2.85. The van der Waals surface area contributed by atoms with E-state index < -0.39 is 40.0 Å². The third-order valence-electron chi connectivity index (χ3n) is 7.22. The number of aromatic nitrogens is 3. The number of carbonyl (C=O) groups excluding carboxylic acids is 2. The Labute approximate surface area is 275 Å². The maximum Gasteiger partial charge on any atom is 0.508 e. The molecular formula is C28H33FN6O10S2. The third-order valence-corrected chi connectivity index (χ3v) is 9.55. The van der Waals surface area contributed by atoms with Gasteiger partial charge in [0.25, 0.3) is 0 Å². The van der Waals surface area contributed by atoms with Crippen LogP contribution in [0.5, 0.6) is 0 Å². The normalized spacial score (nSPS) is 13.1. The van der Waals surface area contributed by atoms with Crippen LogP contribution in [-0.4, -0.2) is 105 Å². The van der Waals surface area contributed by atoms with Gasteiger partial charge in [-0.2, -0.15) is 0 Å². The number of aromatic carboxylic acids is 1. The molecular weight excluding hydrogens is 663 g/mol. The van der Waals surface area contributed by atoms with Gasteiger partial charge in [-0.05, 0) is 24.0 Å². The average Bonchev–Trinajstić information content (AvgIpc) is 3.42. The number of aryl methyl sites for hydroxylation is 2. The van der Waals surface area contributed by atoms with E-state index in [1.54, 1.807) is 23.3 Å². The maximum atomic E-state index is 15.1. The van der Waals surface area contributed by atoms with Gasteiger partial charge in [-0.15, -0.1) is 0 Å². The lowest BCUT2D eigenvalue weighted by atomic mass is 10.1. The van der Waals surface area contributed by atoms with Gasteiger partial charge in [0.15, 0.2) is 5.82 Å².